The number of carbonyl (C=O) groups excluding carboxylic acids is 1. The molecule has 1 fully saturated rings. The molecule has 0 aliphatic carbocycles. The van der Waals surface area contributed by atoms with Crippen LogP contribution in [0.25, 0.3) is 0 Å². The monoisotopic (exact) mass is 282 g/mol. The molecule has 2 atom stereocenters. The summed E-state index contributed by atoms with van der Waals surface area (Å²) in [6, 6.07) is 3.78. The van der Waals surface area contributed by atoms with E-state index in [0.717, 1.165) is 30.4 Å². The number of ether oxygens (including phenoxy) is 1. The molecule has 1 aromatic heterocycles. The first-order chi connectivity index (χ1) is 9.67. The Kier molecular flexibility index (Phi) is 5.17. The minimum atomic E-state index is -0.290. The van der Waals surface area contributed by atoms with E-state index in [1.807, 2.05) is 6.07 Å². The molecule has 6 nitrogen and oxygen atoms in total. The maximum absolute atomic E-state index is 11.9. The van der Waals surface area contributed by atoms with Crippen LogP contribution in [-0.2, 0) is 9.57 Å². The molecule has 6 heteroatoms. The summed E-state index contributed by atoms with van der Waals surface area (Å²) in [6.45, 7) is 4.36. The molecule has 0 spiro atoms. The van der Waals surface area contributed by atoms with Gasteiger partial charge in [0.2, 0.25) is 0 Å². The highest BCUT2D eigenvalue weighted by Gasteiger charge is 2.27. The fourth-order valence-corrected chi connectivity index (χ4v) is 2.43. The molecular formula is C14H22N2O4. The molecule has 2 rings (SSSR count). The van der Waals surface area contributed by atoms with Crippen molar-refractivity contribution in [3.05, 3.63) is 23.7 Å². The summed E-state index contributed by atoms with van der Waals surface area (Å²) in [6.07, 6.45) is 0.919. The van der Waals surface area contributed by atoms with Gasteiger partial charge in [-0.05, 0) is 18.6 Å². The number of hydroxylamine groups is 2. The van der Waals surface area contributed by atoms with E-state index < -0.39 is 0 Å². The lowest BCUT2D eigenvalue weighted by Gasteiger charge is -2.29. The Morgan fingerprint density at radius 2 is 2.40 bits per heavy atom. The van der Waals surface area contributed by atoms with Crippen molar-refractivity contribution in [2.24, 2.45) is 0 Å². The third-order valence-electron chi connectivity index (χ3n) is 3.64. The number of nitrogens with zero attached hydrogens (tertiary/aromatic N) is 1. The van der Waals surface area contributed by atoms with Crippen molar-refractivity contribution in [2.45, 2.75) is 25.3 Å². The third-order valence-corrected chi connectivity index (χ3v) is 3.64. The lowest BCUT2D eigenvalue weighted by Crippen LogP contribution is -2.44. The van der Waals surface area contributed by atoms with Gasteiger partial charge in [0.15, 0.2) is 5.76 Å². The number of hydrogen-bond acceptors (Lipinski definition) is 5. The topological polar surface area (TPSA) is 63.9 Å². The van der Waals surface area contributed by atoms with Crippen LogP contribution in [0.4, 0.5) is 0 Å². The molecule has 1 amide bonds. The number of rotatable bonds is 5. The van der Waals surface area contributed by atoms with Gasteiger partial charge >= 0.3 is 5.91 Å². The van der Waals surface area contributed by atoms with Gasteiger partial charge in [0.25, 0.3) is 0 Å². The molecule has 0 radical (unpaired) electrons. The summed E-state index contributed by atoms with van der Waals surface area (Å²) in [5.74, 6) is 1.01. The normalized spacial score (nSPS) is 20.6. The zero-order valence-electron chi connectivity index (χ0n) is 12.2. The predicted molar refractivity (Wildman–Crippen MR) is 73.5 cm³/mol. The molecule has 1 aromatic rings. The lowest BCUT2D eigenvalue weighted by atomic mass is 9.94. The number of amides is 1. The van der Waals surface area contributed by atoms with E-state index in [-0.39, 0.29) is 17.9 Å². The van der Waals surface area contributed by atoms with Crippen molar-refractivity contribution in [3.8, 4) is 0 Å². The Balaban J connectivity index is 2.11. The van der Waals surface area contributed by atoms with Crippen LogP contribution in [0.5, 0.6) is 0 Å². The molecule has 0 aromatic carbocycles. The summed E-state index contributed by atoms with van der Waals surface area (Å²) in [5, 5.41) is 4.58. The molecule has 2 heterocycles. The first-order valence-corrected chi connectivity index (χ1v) is 6.90. The molecule has 0 bridgehead atoms. The maximum atomic E-state index is 11.9. The second kappa shape index (κ2) is 6.88. The van der Waals surface area contributed by atoms with Gasteiger partial charge in [-0.3, -0.25) is 9.63 Å². The second-order valence-corrected chi connectivity index (χ2v) is 4.84. The fourth-order valence-electron chi connectivity index (χ4n) is 2.43. The largest absolute Gasteiger partial charge is 0.455 e. The highest BCUT2D eigenvalue weighted by molar-refractivity contribution is 5.90. The van der Waals surface area contributed by atoms with Gasteiger partial charge in [-0.1, -0.05) is 6.92 Å². The van der Waals surface area contributed by atoms with Crippen molar-refractivity contribution in [2.75, 3.05) is 33.9 Å². The van der Waals surface area contributed by atoms with Crippen molar-refractivity contribution >= 4 is 5.91 Å². The summed E-state index contributed by atoms with van der Waals surface area (Å²) in [4.78, 5) is 16.8. The predicted octanol–water partition coefficient (Wildman–Crippen LogP) is 1.40. The Morgan fingerprint density at radius 3 is 3.00 bits per heavy atom. The molecule has 0 saturated carbocycles. The average molecular weight is 282 g/mol. The zero-order chi connectivity index (χ0) is 14.5. The fraction of sp³-hybridized carbons (Fsp3) is 0.643. The van der Waals surface area contributed by atoms with Crippen molar-refractivity contribution in [1.29, 1.82) is 0 Å². The van der Waals surface area contributed by atoms with Gasteiger partial charge < -0.3 is 14.5 Å². The van der Waals surface area contributed by atoms with Crippen LogP contribution >= 0.6 is 0 Å². The number of furan rings is 1. The van der Waals surface area contributed by atoms with Gasteiger partial charge in [-0.25, -0.2) is 5.06 Å². The Bertz CT molecular complexity index is 440. The minimum Gasteiger partial charge on any atom is -0.455 e. The second-order valence-electron chi connectivity index (χ2n) is 4.84. The highest BCUT2D eigenvalue weighted by Crippen LogP contribution is 2.27. The van der Waals surface area contributed by atoms with E-state index in [2.05, 4.69) is 12.2 Å². The average Bonchev–Trinajstić information content (AvgIpc) is 2.97. The highest BCUT2D eigenvalue weighted by atomic mass is 16.7. The minimum absolute atomic E-state index is 0.199. The Hall–Kier alpha value is -1.37. The van der Waals surface area contributed by atoms with E-state index in [1.54, 1.807) is 13.1 Å². The first kappa shape index (κ1) is 15.0. The first-order valence-electron chi connectivity index (χ1n) is 6.90. The van der Waals surface area contributed by atoms with Gasteiger partial charge in [0.05, 0.1) is 20.3 Å². The van der Waals surface area contributed by atoms with Gasteiger partial charge in [0, 0.05) is 25.6 Å². The van der Waals surface area contributed by atoms with Crippen LogP contribution in [0.15, 0.2) is 16.5 Å². The van der Waals surface area contributed by atoms with E-state index in [4.69, 9.17) is 14.0 Å². The smallest absolute Gasteiger partial charge is 0.312 e. The van der Waals surface area contributed by atoms with Gasteiger partial charge in [-0.2, -0.15) is 0 Å². The summed E-state index contributed by atoms with van der Waals surface area (Å²) >= 11 is 0. The standard InChI is InChI=1S/C14H22N2O4/c1-4-10(11-9-19-8-7-15-11)12-5-6-13(20-12)14(17)16(2)18-3/h5-6,10-11,15H,4,7-9H2,1-3H3. The van der Waals surface area contributed by atoms with Crippen LogP contribution < -0.4 is 5.32 Å². The number of carbonyl (C=O) groups is 1. The quantitative estimate of drug-likeness (QED) is 0.827. The summed E-state index contributed by atoms with van der Waals surface area (Å²) < 4.78 is 11.2. The van der Waals surface area contributed by atoms with Crippen LogP contribution in [0.2, 0.25) is 0 Å². The maximum Gasteiger partial charge on any atom is 0.312 e. The van der Waals surface area contributed by atoms with Crippen molar-refractivity contribution in [1.82, 2.24) is 10.4 Å². The molecule has 1 N–H and O–H groups in total. The lowest BCUT2D eigenvalue weighted by molar-refractivity contribution is -0.0774. The molecule has 112 valence electrons. The summed E-state index contributed by atoms with van der Waals surface area (Å²) in [7, 11) is 3.00. The van der Waals surface area contributed by atoms with Crippen LogP contribution in [-0.4, -0.2) is 50.9 Å². The molecule has 2 unspecified atom stereocenters. The zero-order valence-corrected chi connectivity index (χ0v) is 12.2. The van der Waals surface area contributed by atoms with Crippen molar-refractivity contribution < 1.29 is 18.8 Å². The molecule has 1 aliphatic rings. The third kappa shape index (κ3) is 3.20. The number of morpholine rings is 1. The van der Waals surface area contributed by atoms with Crippen LogP contribution in [0.1, 0.15) is 35.6 Å². The van der Waals surface area contributed by atoms with Crippen LogP contribution in [0, 0.1) is 0 Å². The number of hydrogen-bond donors (Lipinski definition) is 1. The van der Waals surface area contributed by atoms with Gasteiger partial charge in [0.1, 0.15) is 5.76 Å². The van der Waals surface area contributed by atoms with E-state index in [1.165, 1.54) is 7.11 Å². The molecule has 20 heavy (non-hydrogen) atoms. The SMILES string of the molecule is CCC(c1ccc(C(=O)N(C)OC)o1)C1COCCN1. The molecular weight excluding hydrogens is 260 g/mol. The molecule has 1 saturated heterocycles. The van der Waals surface area contributed by atoms with Crippen molar-refractivity contribution in [3.63, 3.8) is 0 Å². The number of nitrogens with one attached hydrogen (secondary N) is 1. The van der Waals surface area contributed by atoms with E-state index >= 15 is 0 Å². The Morgan fingerprint density at radius 1 is 1.60 bits per heavy atom. The van der Waals surface area contributed by atoms with E-state index in [0.29, 0.717) is 12.4 Å². The summed E-state index contributed by atoms with van der Waals surface area (Å²) in [5.41, 5.74) is 0. The molecule has 1 aliphatic heterocycles. The Labute approximate surface area is 119 Å². The van der Waals surface area contributed by atoms with Crippen LogP contribution in [0.3, 0.4) is 0 Å². The van der Waals surface area contributed by atoms with E-state index in [9.17, 15) is 4.79 Å². The van der Waals surface area contributed by atoms with Gasteiger partial charge in [-0.15, -0.1) is 0 Å².